The van der Waals surface area contributed by atoms with Gasteiger partial charge in [0.15, 0.2) is 0 Å². The number of carbonyl (C=O) groups is 2. The van der Waals surface area contributed by atoms with Crippen LogP contribution in [0.15, 0.2) is 59.0 Å². The van der Waals surface area contributed by atoms with Gasteiger partial charge in [-0.15, -0.1) is 11.3 Å². The molecule has 12 heteroatoms. The van der Waals surface area contributed by atoms with E-state index in [1.165, 1.54) is 42.0 Å². The van der Waals surface area contributed by atoms with Crippen molar-refractivity contribution in [1.82, 2.24) is 14.5 Å². The summed E-state index contributed by atoms with van der Waals surface area (Å²) in [7, 11) is 0. The van der Waals surface area contributed by atoms with Crippen molar-refractivity contribution in [3.05, 3.63) is 80.2 Å². The van der Waals surface area contributed by atoms with Crippen LogP contribution in [0, 0.1) is 10.1 Å². The highest BCUT2D eigenvalue weighted by Gasteiger charge is 2.21. The number of pyridine rings is 1. The molecule has 160 valence electrons. The van der Waals surface area contributed by atoms with E-state index in [1.807, 2.05) is 0 Å². The fraction of sp³-hybridized carbons (Fsp3) is 0.0500. The molecular formula is C20H13N5O6S. The summed E-state index contributed by atoms with van der Waals surface area (Å²) >= 11 is 1.01. The predicted molar refractivity (Wildman–Crippen MR) is 116 cm³/mol. The minimum absolute atomic E-state index is 0.0940. The highest BCUT2D eigenvalue weighted by Crippen LogP contribution is 2.25. The molecule has 0 spiro atoms. The van der Waals surface area contributed by atoms with E-state index in [2.05, 4.69) is 15.3 Å². The molecule has 0 atom stereocenters. The highest BCUT2D eigenvalue weighted by molar-refractivity contribution is 7.17. The fourth-order valence-electron chi connectivity index (χ4n) is 3.09. The third-order valence-electron chi connectivity index (χ3n) is 4.51. The molecule has 32 heavy (non-hydrogen) atoms. The van der Waals surface area contributed by atoms with Gasteiger partial charge < -0.3 is 10.4 Å². The number of hydrogen-bond donors (Lipinski definition) is 2. The molecule has 0 aliphatic rings. The van der Waals surface area contributed by atoms with Crippen molar-refractivity contribution in [1.29, 1.82) is 0 Å². The third-order valence-corrected chi connectivity index (χ3v) is 5.38. The van der Waals surface area contributed by atoms with Crippen molar-refractivity contribution in [2.75, 3.05) is 5.32 Å². The number of fused-ring (bicyclic) bond motifs is 1. The van der Waals surface area contributed by atoms with Gasteiger partial charge in [0.05, 0.1) is 15.9 Å². The molecule has 3 heterocycles. The second-order valence-corrected chi connectivity index (χ2v) is 7.41. The number of rotatable bonds is 6. The number of carboxylic acid groups (broad SMARTS) is 1. The van der Waals surface area contributed by atoms with Crippen molar-refractivity contribution in [2.45, 2.75) is 6.54 Å². The number of non-ortho nitro benzene ring substituents is 1. The maximum atomic E-state index is 13.2. The van der Waals surface area contributed by atoms with Crippen LogP contribution in [-0.4, -0.2) is 36.4 Å². The average Bonchev–Trinajstić information content (AvgIpc) is 3.21. The van der Waals surface area contributed by atoms with Gasteiger partial charge in [0.1, 0.15) is 17.2 Å². The van der Waals surface area contributed by atoms with E-state index in [0.29, 0.717) is 5.56 Å². The molecule has 0 saturated heterocycles. The number of anilines is 1. The third kappa shape index (κ3) is 3.94. The van der Waals surface area contributed by atoms with Gasteiger partial charge in [-0.3, -0.25) is 29.3 Å². The van der Waals surface area contributed by atoms with Crippen molar-refractivity contribution in [2.24, 2.45) is 0 Å². The van der Waals surface area contributed by atoms with E-state index < -0.39 is 28.9 Å². The summed E-state index contributed by atoms with van der Waals surface area (Å²) in [5.74, 6) is -1.76. The van der Waals surface area contributed by atoms with Crippen LogP contribution >= 0.6 is 11.3 Å². The van der Waals surface area contributed by atoms with Crippen LogP contribution in [0.1, 0.15) is 10.4 Å². The number of nitro groups is 1. The number of aromatic carboxylic acids is 1. The second-order valence-electron chi connectivity index (χ2n) is 6.55. The molecule has 0 bridgehead atoms. The number of nitrogens with one attached hydrogen (secondary N) is 1. The van der Waals surface area contributed by atoms with Crippen molar-refractivity contribution < 1.29 is 19.6 Å². The SMILES string of the molecule is O=C(Cn1c(-c2ccncc2)nc2scc(C(=O)O)c2c1=O)Nc1cccc([N+](=O)[O-])c1. The topological polar surface area (TPSA) is 157 Å². The summed E-state index contributed by atoms with van der Waals surface area (Å²) in [6.07, 6.45) is 2.99. The Balaban J connectivity index is 1.78. The molecule has 4 rings (SSSR count). The molecule has 0 radical (unpaired) electrons. The van der Waals surface area contributed by atoms with Crippen molar-refractivity contribution >= 4 is 44.8 Å². The van der Waals surface area contributed by atoms with Crippen LogP contribution in [0.4, 0.5) is 11.4 Å². The Hall–Kier alpha value is -4.45. The number of hydrogen-bond acceptors (Lipinski definition) is 8. The lowest BCUT2D eigenvalue weighted by molar-refractivity contribution is -0.384. The lowest BCUT2D eigenvalue weighted by Crippen LogP contribution is -2.30. The van der Waals surface area contributed by atoms with E-state index in [4.69, 9.17) is 0 Å². The highest BCUT2D eigenvalue weighted by atomic mass is 32.1. The summed E-state index contributed by atoms with van der Waals surface area (Å²) < 4.78 is 1.07. The van der Waals surface area contributed by atoms with E-state index in [-0.39, 0.29) is 33.0 Å². The van der Waals surface area contributed by atoms with Crippen LogP contribution in [-0.2, 0) is 11.3 Å². The Morgan fingerprint density at radius 2 is 1.97 bits per heavy atom. The van der Waals surface area contributed by atoms with Crippen molar-refractivity contribution in [3.63, 3.8) is 0 Å². The molecule has 1 aromatic carbocycles. The molecule has 3 aromatic heterocycles. The summed E-state index contributed by atoms with van der Waals surface area (Å²) in [6.45, 7) is -0.489. The van der Waals surface area contributed by atoms with Crippen LogP contribution in [0.25, 0.3) is 21.6 Å². The second kappa shape index (κ2) is 8.35. The minimum atomic E-state index is -1.28. The molecule has 11 nitrogen and oxygen atoms in total. The van der Waals surface area contributed by atoms with Crippen LogP contribution in [0.5, 0.6) is 0 Å². The molecule has 2 N–H and O–H groups in total. The molecular weight excluding hydrogens is 438 g/mol. The molecule has 0 aliphatic carbocycles. The van der Waals surface area contributed by atoms with Gasteiger partial charge in [0, 0.05) is 41.2 Å². The Labute approximate surface area is 182 Å². The van der Waals surface area contributed by atoms with Crippen molar-refractivity contribution in [3.8, 4) is 11.4 Å². The Morgan fingerprint density at radius 3 is 2.66 bits per heavy atom. The smallest absolute Gasteiger partial charge is 0.337 e. The predicted octanol–water partition coefficient (Wildman–Crippen LogP) is 2.77. The molecule has 0 aliphatic heterocycles. The van der Waals surface area contributed by atoms with E-state index in [0.717, 1.165) is 15.9 Å². The number of benzene rings is 1. The number of thiophene rings is 1. The molecule has 0 saturated carbocycles. The fourth-order valence-corrected chi connectivity index (χ4v) is 3.99. The summed E-state index contributed by atoms with van der Waals surface area (Å²) in [6, 6.07) is 8.57. The first-order chi connectivity index (χ1) is 15.3. The number of aromatic nitrogens is 3. The average molecular weight is 451 g/mol. The summed E-state index contributed by atoms with van der Waals surface area (Å²) in [4.78, 5) is 56.4. The lowest BCUT2D eigenvalue weighted by atomic mass is 10.2. The monoisotopic (exact) mass is 451 g/mol. The van der Waals surface area contributed by atoms with Gasteiger partial charge in [-0.05, 0) is 18.2 Å². The number of carboxylic acids is 1. The largest absolute Gasteiger partial charge is 0.478 e. The molecule has 0 fully saturated rings. The normalized spacial score (nSPS) is 10.8. The Bertz CT molecular complexity index is 1430. The first-order valence-electron chi connectivity index (χ1n) is 9.05. The summed E-state index contributed by atoms with van der Waals surface area (Å²) in [5, 5.41) is 24.1. The van der Waals surface area contributed by atoms with Gasteiger partial charge >= 0.3 is 5.97 Å². The number of carbonyl (C=O) groups excluding carboxylic acids is 1. The van der Waals surface area contributed by atoms with E-state index in [1.54, 1.807) is 12.1 Å². The zero-order valence-corrected chi connectivity index (χ0v) is 16.9. The maximum Gasteiger partial charge on any atom is 0.337 e. The zero-order valence-electron chi connectivity index (χ0n) is 16.1. The van der Waals surface area contributed by atoms with Crippen LogP contribution in [0.3, 0.4) is 0 Å². The van der Waals surface area contributed by atoms with Gasteiger partial charge in [0.2, 0.25) is 5.91 Å². The lowest BCUT2D eigenvalue weighted by Gasteiger charge is -2.13. The molecule has 1 amide bonds. The first kappa shape index (κ1) is 20.8. The van der Waals surface area contributed by atoms with Gasteiger partial charge in [0.25, 0.3) is 11.2 Å². The number of nitro benzene ring substituents is 1. The quantitative estimate of drug-likeness (QED) is 0.335. The Kier molecular flexibility index (Phi) is 5.43. The first-order valence-corrected chi connectivity index (χ1v) is 9.93. The molecule has 4 aromatic rings. The van der Waals surface area contributed by atoms with Gasteiger partial charge in [-0.2, -0.15) is 0 Å². The van der Waals surface area contributed by atoms with Crippen LogP contribution in [0.2, 0.25) is 0 Å². The minimum Gasteiger partial charge on any atom is -0.478 e. The van der Waals surface area contributed by atoms with E-state index in [9.17, 15) is 29.6 Å². The Morgan fingerprint density at radius 1 is 1.22 bits per heavy atom. The number of amides is 1. The van der Waals surface area contributed by atoms with Crippen LogP contribution < -0.4 is 10.9 Å². The standard InChI is InChI=1S/C20H13N5O6S/c26-15(22-12-2-1-3-13(8-12)25(30)31)9-24-17(11-4-6-21-7-5-11)23-18-16(19(24)27)14(10-32-18)20(28)29/h1-8,10H,9H2,(H,22,26)(H,28,29). The number of nitrogens with zero attached hydrogens (tertiary/aromatic N) is 4. The van der Waals surface area contributed by atoms with Gasteiger partial charge in [-0.25, -0.2) is 9.78 Å². The maximum absolute atomic E-state index is 13.2. The van der Waals surface area contributed by atoms with E-state index >= 15 is 0 Å². The summed E-state index contributed by atoms with van der Waals surface area (Å²) in [5.41, 5.74) is -0.401. The van der Waals surface area contributed by atoms with Gasteiger partial charge in [-0.1, -0.05) is 6.07 Å². The molecule has 0 unspecified atom stereocenters. The zero-order chi connectivity index (χ0) is 22.8.